The summed E-state index contributed by atoms with van der Waals surface area (Å²) in [4.78, 5) is 4.03. The maximum Gasteiger partial charge on any atom is 0.0918 e. The van der Waals surface area contributed by atoms with Crippen LogP contribution in [0.15, 0.2) is 23.5 Å². The first-order valence-electron chi connectivity index (χ1n) is 3.49. The molecule has 0 spiro atoms. The van der Waals surface area contributed by atoms with Crippen LogP contribution in [0.25, 0.3) is 0 Å². The molecule has 1 aromatic rings. The molecule has 0 atom stereocenters. The standard InChI is InChI=1S/C8H10N2O/c1-2-7-3-4-8(6-10-11)9-5-7/h3-6,11H,2H2,1H3. The highest BCUT2D eigenvalue weighted by Gasteiger charge is 1.89. The van der Waals surface area contributed by atoms with Gasteiger partial charge in [-0.05, 0) is 18.1 Å². The lowest BCUT2D eigenvalue weighted by atomic mass is 10.2. The molecule has 11 heavy (non-hydrogen) atoms. The van der Waals surface area contributed by atoms with Gasteiger partial charge in [-0.15, -0.1) is 0 Å². The third kappa shape index (κ3) is 2.04. The molecule has 3 heteroatoms. The van der Waals surface area contributed by atoms with E-state index in [2.05, 4.69) is 17.1 Å². The summed E-state index contributed by atoms with van der Waals surface area (Å²) in [5.41, 5.74) is 1.85. The van der Waals surface area contributed by atoms with Crippen molar-refractivity contribution in [3.63, 3.8) is 0 Å². The predicted molar refractivity (Wildman–Crippen MR) is 43.0 cm³/mol. The molecule has 1 N–H and O–H groups in total. The van der Waals surface area contributed by atoms with E-state index in [1.807, 2.05) is 12.1 Å². The van der Waals surface area contributed by atoms with Crippen molar-refractivity contribution in [3.8, 4) is 0 Å². The molecule has 0 aliphatic heterocycles. The second kappa shape index (κ2) is 3.71. The van der Waals surface area contributed by atoms with Crippen LogP contribution in [0.4, 0.5) is 0 Å². The smallest absolute Gasteiger partial charge is 0.0918 e. The highest BCUT2D eigenvalue weighted by molar-refractivity contribution is 5.76. The molecule has 0 radical (unpaired) electrons. The van der Waals surface area contributed by atoms with Crippen molar-refractivity contribution in [2.24, 2.45) is 5.16 Å². The summed E-state index contributed by atoms with van der Waals surface area (Å²) in [7, 11) is 0. The van der Waals surface area contributed by atoms with E-state index in [0.717, 1.165) is 6.42 Å². The van der Waals surface area contributed by atoms with Crippen LogP contribution in [-0.4, -0.2) is 16.4 Å². The molecule has 0 unspecified atom stereocenters. The summed E-state index contributed by atoms with van der Waals surface area (Å²) in [5, 5.41) is 11.0. The molecule has 0 aliphatic rings. The van der Waals surface area contributed by atoms with Gasteiger partial charge in [0.25, 0.3) is 0 Å². The maximum absolute atomic E-state index is 8.18. The van der Waals surface area contributed by atoms with Gasteiger partial charge < -0.3 is 5.21 Å². The quantitative estimate of drug-likeness (QED) is 0.394. The van der Waals surface area contributed by atoms with Gasteiger partial charge in [0.2, 0.25) is 0 Å². The van der Waals surface area contributed by atoms with Gasteiger partial charge in [-0.2, -0.15) is 0 Å². The Bertz CT molecular complexity index is 241. The first-order valence-corrected chi connectivity index (χ1v) is 3.49. The van der Waals surface area contributed by atoms with E-state index < -0.39 is 0 Å². The van der Waals surface area contributed by atoms with E-state index in [1.54, 1.807) is 6.20 Å². The van der Waals surface area contributed by atoms with Gasteiger partial charge in [0.15, 0.2) is 0 Å². The number of aromatic nitrogens is 1. The van der Waals surface area contributed by atoms with E-state index in [-0.39, 0.29) is 0 Å². The second-order valence-electron chi connectivity index (χ2n) is 2.19. The van der Waals surface area contributed by atoms with Crippen molar-refractivity contribution in [2.45, 2.75) is 13.3 Å². The molecule has 0 bridgehead atoms. The van der Waals surface area contributed by atoms with Crippen LogP contribution in [0.1, 0.15) is 18.2 Å². The first-order chi connectivity index (χ1) is 5.36. The highest BCUT2D eigenvalue weighted by atomic mass is 16.4. The molecular formula is C8H10N2O. The fourth-order valence-corrected chi connectivity index (χ4v) is 0.781. The van der Waals surface area contributed by atoms with Crippen molar-refractivity contribution in [2.75, 3.05) is 0 Å². The maximum atomic E-state index is 8.18. The Kier molecular flexibility index (Phi) is 2.60. The van der Waals surface area contributed by atoms with Crippen LogP contribution in [0.3, 0.4) is 0 Å². The number of rotatable bonds is 2. The van der Waals surface area contributed by atoms with E-state index in [1.165, 1.54) is 11.8 Å². The summed E-state index contributed by atoms with van der Waals surface area (Å²) in [6, 6.07) is 3.78. The molecule has 0 saturated carbocycles. The Morgan fingerprint density at radius 1 is 1.64 bits per heavy atom. The summed E-state index contributed by atoms with van der Waals surface area (Å²) >= 11 is 0. The van der Waals surface area contributed by atoms with Crippen LogP contribution < -0.4 is 0 Å². The van der Waals surface area contributed by atoms with E-state index in [9.17, 15) is 0 Å². The number of hydrogen-bond donors (Lipinski definition) is 1. The number of nitrogens with zero attached hydrogens (tertiary/aromatic N) is 2. The average Bonchev–Trinajstić information content (AvgIpc) is 2.07. The van der Waals surface area contributed by atoms with Crippen molar-refractivity contribution in [1.82, 2.24) is 4.98 Å². The first kappa shape index (κ1) is 7.72. The molecule has 1 aromatic heterocycles. The third-order valence-electron chi connectivity index (χ3n) is 1.45. The molecule has 58 valence electrons. The number of pyridine rings is 1. The van der Waals surface area contributed by atoms with E-state index in [4.69, 9.17) is 5.21 Å². The zero-order chi connectivity index (χ0) is 8.10. The molecule has 1 rings (SSSR count). The zero-order valence-electron chi connectivity index (χ0n) is 6.36. The molecule has 3 nitrogen and oxygen atoms in total. The fourth-order valence-electron chi connectivity index (χ4n) is 0.781. The minimum atomic E-state index is 0.671. The molecule has 0 aliphatic carbocycles. The Morgan fingerprint density at radius 3 is 2.91 bits per heavy atom. The summed E-state index contributed by atoms with van der Waals surface area (Å²) in [6.07, 6.45) is 4.06. The van der Waals surface area contributed by atoms with Crippen molar-refractivity contribution >= 4 is 6.21 Å². The second-order valence-corrected chi connectivity index (χ2v) is 2.19. The van der Waals surface area contributed by atoms with Gasteiger partial charge in [0.1, 0.15) is 0 Å². The molecule has 0 fully saturated rings. The van der Waals surface area contributed by atoms with Crippen molar-refractivity contribution in [3.05, 3.63) is 29.6 Å². The van der Waals surface area contributed by atoms with Crippen LogP contribution in [0.5, 0.6) is 0 Å². The minimum absolute atomic E-state index is 0.671. The van der Waals surface area contributed by atoms with Crippen molar-refractivity contribution < 1.29 is 5.21 Å². The Hall–Kier alpha value is -1.38. The zero-order valence-corrected chi connectivity index (χ0v) is 6.36. The Morgan fingerprint density at radius 2 is 2.45 bits per heavy atom. The predicted octanol–water partition coefficient (Wildman–Crippen LogP) is 1.45. The lowest BCUT2D eigenvalue weighted by Crippen LogP contribution is -1.88. The Labute approximate surface area is 65.4 Å². The van der Waals surface area contributed by atoms with Gasteiger partial charge in [-0.3, -0.25) is 4.98 Å². The monoisotopic (exact) mass is 150 g/mol. The lowest BCUT2D eigenvalue weighted by molar-refractivity contribution is 0.321. The normalized spacial score (nSPS) is 10.6. The SMILES string of the molecule is CCc1ccc(C=NO)nc1. The fraction of sp³-hybridized carbons (Fsp3) is 0.250. The van der Waals surface area contributed by atoms with Gasteiger partial charge in [-0.1, -0.05) is 18.1 Å². The number of oxime groups is 1. The topological polar surface area (TPSA) is 45.5 Å². The van der Waals surface area contributed by atoms with Crippen LogP contribution in [0, 0.1) is 0 Å². The van der Waals surface area contributed by atoms with Crippen LogP contribution in [-0.2, 0) is 6.42 Å². The Balaban J connectivity index is 2.82. The average molecular weight is 150 g/mol. The minimum Gasteiger partial charge on any atom is -0.411 e. The summed E-state index contributed by atoms with van der Waals surface area (Å²) in [6.45, 7) is 2.07. The third-order valence-corrected chi connectivity index (χ3v) is 1.45. The van der Waals surface area contributed by atoms with Gasteiger partial charge in [-0.25, -0.2) is 0 Å². The number of aryl methyl sites for hydroxylation is 1. The van der Waals surface area contributed by atoms with Crippen LogP contribution >= 0.6 is 0 Å². The number of hydrogen-bond acceptors (Lipinski definition) is 3. The summed E-state index contributed by atoms with van der Waals surface area (Å²) in [5.74, 6) is 0. The van der Waals surface area contributed by atoms with Crippen LogP contribution in [0.2, 0.25) is 0 Å². The van der Waals surface area contributed by atoms with Crippen molar-refractivity contribution in [1.29, 1.82) is 0 Å². The molecule has 0 saturated heterocycles. The summed E-state index contributed by atoms with van der Waals surface area (Å²) < 4.78 is 0. The lowest BCUT2D eigenvalue weighted by Gasteiger charge is -1.94. The van der Waals surface area contributed by atoms with Gasteiger partial charge in [0, 0.05) is 6.20 Å². The highest BCUT2D eigenvalue weighted by Crippen LogP contribution is 1.98. The molecule has 1 heterocycles. The van der Waals surface area contributed by atoms with Gasteiger partial charge in [0.05, 0.1) is 11.9 Å². The van der Waals surface area contributed by atoms with Gasteiger partial charge >= 0.3 is 0 Å². The molecule has 0 aromatic carbocycles. The largest absolute Gasteiger partial charge is 0.411 e. The van der Waals surface area contributed by atoms with E-state index >= 15 is 0 Å². The molecule has 0 amide bonds. The molecular weight excluding hydrogens is 140 g/mol. The van der Waals surface area contributed by atoms with E-state index in [0.29, 0.717) is 5.69 Å².